The molecule has 2 aromatic carbocycles. The summed E-state index contributed by atoms with van der Waals surface area (Å²) < 4.78 is 10.8. The number of carboxylic acid groups (broad SMARTS) is 1. The second-order valence-electron chi connectivity index (χ2n) is 6.74. The molecule has 0 spiro atoms. The maximum Gasteiger partial charge on any atom is 0.412 e. The third-order valence-corrected chi connectivity index (χ3v) is 3.13. The first-order valence-corrected chi connectivity index (χ1v) is 8.14. The van der Waals surface area contributed by atoms with E-state index in [9.17, 15) is 19.8 Å². The van der Waals surface area contributed by atoms with Crippen LogP contribution in [0.2, 0.25) is 0 Å². The number of phenolic OH excluding ortho intramolecular Hbond substituents is 1. The van der Waals surface area contributed by atoms with E-state index in [0.29, 0.717) is 17.0 Å². The normalized spacial score (nSPS) is 10.8. The molecule has 27 heavy (non-hydrogen) atoms. The van der Waals surface area contributed by atoms with Gasteiger partial charge in [-0.1, -0.05) is 0 Å². The third-order valence-electron chi connectivity index (χ3n) is 3.13. The van der Waals surface area contributed by atoms with Crippen LogP contribution in [0.5, 0.6) is 11.5 Å². The Morgan fingerprint density at radius 1 is 1.04 bits per heavy atom. The van der Waals surface area contributed by atoms with E-state index < -0.39 is 17.8 Å². The van der Waals surface area contributed by atoms with Gasteiger partial charge in [0.1, 0.15) is 29.8 Å². The summed E-state index contributed by atoms with van der Waals surface area (Å²) in [6.45, 7) is 5.31. The predicted octanol–water partition coefficient (Wildman–Crippen LogP) is 3.07. The fourth-order valence-electron chi connectivity index (χ4n) is 2.17. The summed E-state index contributed by atoms with van der Waals surface area (Å²) in [5.74, 6) is 0.638. The number of phenols is 1. The molecule has 0 aromatic heterocycles. The van der Waals surface area contributed by atoms with E-state index in [0.717, 1.165) is 0 Å². The average molecular weight is 373 g/mol. The van der Waals surface area contributed by atoms with Crippen LogP contribution in [0.4, 0.5) is 21.0 Å². The van der Waals surface area contributed by atoms with E-state index in [1.807, 2.05) is 0 Å². The van der Waals surface area contributed by atoms with Gasteiger partial charge in [0.25, 0.3) is 0 Å². The van der Waals surface area contributed by atoms with Gasteiger partial charge in [0, 0.05) is 11.4 Å². The summed E-state index contributed by atoms with van der Waals surface area (Å²) in [5, 5.41) is 24.8. The van der Waals surface area contributed by atoms with E-state index in [-0.39, 0.29) is 18.0 Å². The van der Waals surface area contributed by atoms with Crippen molar-refractivity contribution in [2.24, 2.45) is 0 Å². The maximum atomic E-state index is 11.9. The van der Waals surface area contributed by atoms with Crippen LogP contribution in [0, 0.1) is 0 Å². The molecule has 2 aromatic rings. The van der Waals surface area contributed by atoms with Crippen LogP contribution in [0.15, 0.2) is 42.5 Å². The highest BCUT2D eigenvalue weighted by atomic mass is 16.6. The predicted molar refractivity (Wildman–Crippen MR) is 97.8 cm³/mol. The number of ether oxygens (including phenoxy) is 2. The highest BCUT2D eigenvalue weighted by Gasteiger charge is 2.16. The van der Waals surface area contributed by atoms with Crippen molar-refractivity contribution in [2.75, 3.05) is 10.6 Å². The lowest BCUT2D eigenvalue weighted by molar-refractivity contribution is -0.242. The number of nitrogens with one attached hydrogen (secondary N) is 2. The van der Waals surface area contributed by atoms with Gasteiger partial charge in [-0.15, -0.1) is 0 Å². The van der Waals surface area contributed by atoms with Gasteiger partial charge in [-0.05, 0) is 68.8 Å². The van der Waals surface area contributed by atoms with Gasteiger partial charge in [0.05, 0.1) is 0 Å². The molecule has 2 rings (SSSR count). The Bertz CT molecular complexity index is 812. The first-order valence-electron chi connectivity index (χ1n) is 8.14. The minimum absolute atomic E-state index is 0.107. The van der Waals surface area contributed by atoms with Crippen LogP contribution in [0.3, 0.4) is 0 Å². The van der Waals surface area contributed by atoms with Crippen molar-refractivity contribution in [1.82, 2.24) is 0 Å². The van der Waals surface area contributed by atoms with E-state index in [1.165, 1.54) is 18.2 Å². The SMILES string of the molecule is CC(C)(C)OC(=O)Nc1cc(COc2ccc(O)cc2)cc(NC(=O)[O-])c1. The largest absolute Gasteiger partial charge is 0.530 e. The Labute approximate surface area is 156 Å². The van der Waals surface area contributed by atoms with Crippen LogP contribution in [0.1, 0.15) is 26.3 Å². The van der Waals surface area contributed by atoms with Gasteiger partial charge in [-0.2, -0.15) is 0 Å². The number of carbonyl (C=O) groups is 2. The van der Waals surface area contributed by atoms with Crippen molar-refractivity contribution in [3.63, 3.8) is 0 Å². The highest BCUT2D eigenvalue weighted by molar-refractivity contribution is 5.88. The number of hydrogen-bond acceptors (Lipinski definition) is 6. The molecule has 0 aliphatic rings. The number of amides is 2. The van der Waals surface area contributed by atoms with E-state index in [1.54, 1.807) is 45.0 Å². The second kappa shape index (κ2) is 8.31. The van der Waals surface area contributed by atoms with Crippen LogP contribution in [-0.2, 0) is 11.3 Å². The summed E-state index contributed by atoms with van der Waals surface area (Å²) in [6.07, 6.45) is -2.15. The molecule has 0 saturated carbocycles. The Balaban J connectivity index is 2.15. The van der Waals surface area contributed by atoms with Gasteiger partial charge >= 0.3 is 6.09 Å². The molecule has 0 unspecified atom stereocenters. The molecule has 0 aliphatic carbocycles. The minimum atomic E-state index is -1.48. The zero-order chi connectivity index (χ0) is 20.0. The monoisotopic (exact) mass is 373 g/mol. The van der Waals surface area contributed by atoms with Gasteiger partial charge in [-0.3, -0.25) is 5.32 Å². The molecule has 0 fully saturated rings. The maximum absolute atomic E-state index is 11.9. The van der Waals surface area contributed by atoms with Crippen molar-refractivity contribution in [3.8, 4) is 11.5 Å². The van der Waals surface area contributed by atoms with Crippen molar-refractivity contribution in [3.05, 3.63) is 48.0 Å². The average Bonchev–Trinajstić information content (AvgIpc) is 2.51. The summed E-state index contributed by atoms with van der Waals surface area (Å²) in [7, 11) is 0. The first-order chi connectivity index (χ1) is 12.6. The zero-order valence-corrected chi connectivity index (χ0v) is 15.2. The molecular weight excluding hydrogens is 352 g/mol. The molecule has 0 atom stereocenters. The summed E-state index contributed by atoms with van der Waals surface area (Å²) in [5.41, 5.74) is 0.475. The fraction of sp³-hybridized carbons (Fsp3) is 0.263. The molecule has 3 N–H and O–H groups in total. The Morgan fingerprint density at radius 2 is 1.63 bits per heavy atom. The molecular formula is C19H21N2O6-. The standard InChI is InChI=1S/C19H22N2O6/c1-19(2,3)27-18(25)21-14-9-12(8-13(10-14)20-17(23)24)11-26-16-6-4-15(22)5-7-16/h4-10,20,22H,11H2,1-3H3,(H,21,25)(H,23,24)/p-1. The molecule has 8 heteroatoms. The lowest BCUT2D eigenvalue weighted by Gasteiger charge is -2.20. The van der Waals surface area contributed by atoms with E-state index in [2.05, 4.69) is 10.6 Å². The van der Waals surface area contributed by atoms with Gasteiger partial charge in [-0.25, -0.2) is 4.79 Å². The summed E-state index contributed by atoms with van der Waals surface area (Å²) in [4.78, 5) is 22.8. The fourth-order valence-corrected chi connectivity index (χ4v) is 2.17. The van der Waals surface area contributed by atoms with Crippen molar-refractivity contribution in [1.29, 1.82) is 0 Å². The lowest BCUT2D eigenvalue weighted by atomic mass is 10.1. The van der Waals surface area contributed by atoms with Crippen molar-refractivity contribution < 1.29 is 29.3 Å². The van der Waals surface area contributed by atoms with E-state index >= 15 is 0 Å². The Kier molecular flexibility index (Phi) is 6.12. The van der Waals surface area contributed by atoms with Gasteiger partial charge in [0.15, 0.2) is 0 Å². The molecule has 0 saturated heterocycles. The quantitative estimate of drug-likeness (QED) is 0.741. The van der Waals surface area contributed by atoms with Gasteiger partial charge < -0.3 is 29.8 Å². The van der Waals surface area contributed by atoms with Gasteiger partial charge in [0.2, 0.25) is 0 Å². The molecule has 0 aliphatic heterocycles. The summed E-state index contributed by atoms with van der Waals surface area (Å²) in [6, 6.07) is 10.8. The first kappa shape index (κ1) is 19.9. The van der Waals surface area contributed by atoms with Crippen LogP contribution in [0.25, 0.3) is 0 Å². The molecule has 2 amide bonds. The topological polar surface area (TPSA) is 120 Å². The minimum Gasteiger partial charge on any atom is -0.530 e. The second-order valence-corrected chi connectivity index (χ2v) is 6.74. The number of benzene rings is 2. The lowest BCUT2D eigenvalue weighted by Crippen LogP contribution is -2.29. The summed E-state index contributed by atoms with van der Waals surface area (Å²) >= 11 is 0. The highest BCUT2D eigenvalue weighted by Crippen LogP contribution is 2.23. The van der Waals surface area contributed by atoms with Crippen molar-refractivity contribution in [2.45, 2.75) is 33.0 Å². The number of rotatable bonds is 5. The molecule has 0 radical (unpaired) electrons. The Hall–Kier alpha value is -3.42. The molecule has 0 heterocycles. The molecule has 144 valence electrons. The number of anilines is 2. The van der Waals surface area contributed by atoms with E-state index in [4.69, 9.17) is 9.47 Å². The van der Waals surface area contributed by atoms with Crippen LogP contribution < -0.4 is 20.5 Å². The number of carbonyl (C=O) groups excluding carboxylic acids is 2. The van der Waals surface area contributed by atoms with Crippen LogP contribution >= 0.6 is 0 Å². The zero-order valence-electron chi connectivity index (χ0n) is 15.2. The number of hydrogen-bond donors (Lipinski definition) is 3. The Morgan fingerprint density at radius 3 is 2.19 bits per heavy atom. The number of aromatic hydroxyl groups is 1. The smallest absolute Gasteiger partial charge is 0.412 e. The third kappa shape index (κ3) is 7.15. The van der Waals surface area contributed by atoms with Crippen LogP contribution in [-0.4, -0.2) is 22.9 Å². The molecule has 0 bridgehead atoms. The van der Waals surface area contributed by atoms with Crippen molar-refractivity contribution >= 4 is 23.6 Å². The molecule has 8 nitrogen and oxygen atoms in total.